The molecule has 1 saturated heterocycles. The van der Waals surface area contributed by atoms with Crippen LogP contribution in [0.3, 0.4) is 0 Å². The Labute approximate surface area is 108 Å². The third kappa shape index (κ3) is 2.58. The summed E-state index contributed by atoms with van der Waals surface area (Å²) in [5.41, 5.74) is -0.413. The van der Waals surface area contributed by atoms with Crippen molar-refractivity contribution in [2.75, 3.05) is 19.6 Å². The zero-order valence-electron chi connectivity index (χ0n) is 9.79. The lowest BCUT2D eigenvalue weighted by Crippen LogP contribution is -2.35. The van der Waals surface area contributed by atoms with Gasteiger partial charge in [-0.1, -0.05) is 0 Å². The third-order valence-corrected chi connectivity index (χ3v) is 4.58. The van der Waals surface area contributed by atoms with Gasteiger partial charge in [0.15, 0.2) is 5.03 Å². The maximum atomic E-state index is 12.3. The number of carbonyl (C=O) groups is 2. The van der Waals surface area contributed by atoms with Gasteiger partial charge >= 0.3 is 5.97 Å². The lowest BCUT2D eigenvalue weighted by Gasteiger charge is -2.18. The molecule has 19 heavy (non-hydrogen) atoms. The molecular formula is C9H12N4O5S. The number of nitrogens with zero attached hydrogens (tertiary/aromatic N) is 2. The zero-order chi connectivity index (χ0) is 14.0. The number of sulfonamides is 1. The third-order valence-electron chi connectivity index (χ3n) is 2.70. The Morgan fingerprint density at radius 1 is 1.42 bits per heavy atom. The van der Waals surface area contributed by atoms with E-state index in [0.29, 0.717) is 0 Å². The highest BCUT2D eigenvalue weighted by molar-refractivity contribution is 7.89. The van der Waals surface area contributed by atoms with Crippen LogP contribution in [-0.4, -0.2) is 59.5 Å². The molecular weight excluding hydrogens is 276 g/mol. The van der Waals surface area contributed by atoms with Crippen LogP contribution in [0.25, 0.3) is 0 Å². The highest BCUT2D eigenvalue weighted by atomic mass is 32.2. The van der Waals surface area contributed by atoms with Crippen molar-refractivity contribution in [3.63, 3.8) is 0 Å². The zero-order valence-corrected chi connectivity index (χ0v) is 10.6. The van der Waals surface area contributed by atoms with Crippen LogP contribution in [-0.2, 0) is 14.8 Å². The largest absolute Gasteiger partial charge is 0.478 e. The molecule has 0 atom stereocenters. The summed E-state index contributed by atoms with van der Waals surface area (Å²) in [6, 6.07) is 0. The average Bonchev–Trinajstić information content (AvgIpc) is 2.73. The Kier molecular flexibility index (Phi) is 3.53. The summed E-state index contributed by atoms with van der Waals surface area (Å²) in [6.45, 7) is 0.285. The predicted molar refractivity (Wildman–Crippen MR) is 61.9 cm³/mol. The van der Waals surface area contributed by atoms with Gasteiger partial charge in [0.1, 0.15) is 5.56 Å². The van der Waals surface area contributed by atoms with Crippen LogP contribution >= 0.6 is 0 Å². The smallest absolute Gasteiger partial charge is 0.340 e. The van der Waals surface area contributed by atoms with Crippen molar-refractivity contribution in [1.29, 1.82) is 0 Å². The molecule has 1 aromatic rings. The van der Waals surface area contributed by atoms with Gasteiger partial charge in [-0.15, -0.1) is 0 Å². The van der Waals surface area contributed by atoms with Crippen molar-refractivity contribution in [2.24, 2.45) is 0 Å². The molecule has 10 heteroatoms. The fourth-order valence-corrected chi connectivity index (χ4v) is 3.25. The molecule has 0 bridgehead atoms. The Morgan fingerprint density at radius 2 is 2.16 bits per heavy atom. The Hall–Kier alpha value is -1.94. The van der Waals surface area contributed by atoms with Crippen LogP contribution in [0.1, 0.15) is 16.8 Å². The average molecular weight is 288 g/mol. The molecule has 0 unspecified atom stereocenters. The molecule has 9 nitrogen and oxygen atoms in total. The van der Waals surface area contributed by atoms with Gasteiger partial charge in [0.05, 0.1) is 6.20 Å². The molecule has 1 aromatic heterocycles. The summed E-state index contributed by atoms with van der Waals surface area (Å²) in [6.07, 6.45) is 0.978. The molecule has 0 aliphatic carbocycles. The molecule has 0 saturated carbocycles. The van der Waals surface area contributed by atoms with Crippen LogP contribution in [0.15, 0.2) is 11.2 Å². The highest BCUT2D eigenvalue weighted by Crippen LogP contribution is 2.18. The van der Waals surface area contributed by atoms with E-state index in [4.69, 9.17) is 5.11 Å². The first-order valence-electron chi connectivity index (χ1n) is 5.46. The summed E-state index contributed by atoms with van der Waals surface area (Å²) in [4.78, 5) is 22.1. The van der Waals surface area contributed by atoms with Gasteiger partial charge in [-0.25, -0.2) is 13.2 Å². The first kappa shape index (κ1) is 13.5. The number of aromatic carboxylic acids is 1. The number of carbonyl (C=O) groups excluding carboxylic acids is 1. The lowest BCUT2D eigenvalue weighted by molar-refractivity contribution is -0.120. The van der Waals surface area contributed by atoms with E-state index in [1.807, 2.05) is 0 Å². The number of rotatable bonds is 3. The van der Waals surface area contributed by atoms with E-state index in [1.165, 1.54) is 0 Å². The number of H-pyrrole nitrogens is 1. The number of aromatic nitrogens is 2. The standard InChI is InChI=1S/C9H12N4O5S/c14-7-1-3-13(4-2-10-7)19(17,18)8-6(9(15)16)5-11-12-8/h5H,1-4H2,(H,10,14)(H,11,12)(H,15,16). The Morgan fingerprint density at radius 3 is 2.84 bits per heavy atom. The second-order valence-electron chi connectivity index (χ2n) is 3.92. The van der Waals surface area contributed by atoms with Crippen LogP contribution in [0, 0.1) is 0 Å². The van der Waals surface area contributed by atoms with Gasteiger partial charge in [0.25, 0.3) is 10.0 Å². The molecule has 2 rings (SSSR count). The molecule has 1 amide bonds. The molecule has 2 heterocycles. The van der Waals surface area contributed by atoms with E-state index in [1.54, 1.807) is 0 Å². The number of amides is 1. The molecule has 0 spiro atoms. The molecule has 104 valence electrons. The Bertz CT molecular complexity index is 608. The first-order valence-corrected chi connectivity index (χ1v) is 6.90. The maximum Gasteiger partial charge on any atom is 0.340 e. The summed E-state index contributed by atoms with van der Waals surface area (Å²) in [7, 11) is -4.00. The van der Waals surface area contributed by atoms with Crippen LogP contribution in [0.4, 0.5) is 0 Å². The number of nitrogens with one attached hydrogen (secondary N) is 2. The fourth-order valence-electron chi connectivity index (χ4n) is 1.74. The van der Waals surface area contributed by atoms with Crippen molar-refractivity contribution in [3.8, 4) is 0 Å². The maximum absolute atomic E-state index is 12.3. The highest BCUT2D eigenvalue weighted by Gasteiger charge is 2.32. The normalized spacial score (nSPS) is 17.8. The van der Waals surface area contributed by atoms with Gasteiger partial charge in [0, 0.05) is 26.1 Å². The number of hydrogen-bond donors (Lipinski definition) is 3. The molecule has 1 aliphatic heterocycles. The molecule has 1 fully saturated rings. The minimum atomic E-state index is -4.00. The number of aromatic amines is 1. The van der Waals surface area contributed by atoms with Gasteiger partial charge in [-0.2, -0.15) is 9.40 Å². The summed E-state index contributed by atoms with van der Waals surface area (Å²) in [5, 5.41) is 16.6. The van der Waals surface area contributed by atoms with Crippen molar-refractivity contribution in [3.05, 3.63) is 11.8 Å². The predicted octanol–water partition coefficient (Wildman–Crippen LogP) is -1.38. The van der Waals surface area contributed by atoms with Crippen molar-refractivity contribution in [2.45, 2.75) is 11.4 Å². The van der Waals surface area contributed by atoms with Crippen LogP contribution in [0.2, 0.25) is 0 Å². The molecule has 3 N–H and O–H groups in total. The second kappa shape index (κ2) is 4.97. The van der Waals surface area contributed by atoms with Gasteiger partial charge in [-0.3, -0.25) is 9.89 Å². The summed E-state index contributed by atoms with van der Waals surface area (Å²) >= 11 is 0. The number of carboxylic acid groups (broad SMARTS) is 1. The van der Waals surface area contributed by atoms with Gasteiger partial charge in [-0.05, 0) is 0 Å². The number of hydrogen-bond acceptors (Lipinski definition) is 5. The van der Waals surface area contributed by atoms with Gasteiger partial charge < -0.3 is 10.4 Å². The topological polar surface area (TPSA) is 132 Å². The monoisotopic (exact) mass is 288 g/mol. The van der Waals surface area contributed by atoms with E-state index >= 15 is 0 Å². The van der Waals surface area contributed by atoms with Crippen LogP contribution < -0.4 is 5.32 Å². The SMILES string of the molecule is O=C1CCN(S(=O)(=O)c2[nH]ncc2C(=O)O)CCN1. The Balaban J connectivity index is 2.34. The van der Waals surface area contributed by atoms with E-state index in [0.717, 1.165) is 10.5 Å². The summed E-state index contributed by atoms with van der Waals surface area (Å²) in [5.74, 6) is -1.61. The van der Waals surface area contributed by atoms with E-state index in [2.05, 4.69) is 15.5 Å². The quantitative estimate of drug-likeness (QED) is 0.628. The molecule has 0 radical (unpaired) electrons. The molecule has 1 aliphatic rings. The number of carboxylic acids is 1. The van der Waals surface area contributed by atoms with E-state index in [9.17, 15) is 18.0 Å². The van der Waals surface area contributed by atoms with Crippen molar-refractivity contribution >= 4 is 21.9 Å². The second-order valence-corrected chi connectivity index (χ2v) is 5.80. The summed E-state index contributed by atoms with van der Waals surface area (Å²) < 4.78 is 25.6. The minimum absolute atomic E-state index is 0.00620. The lowest BCUT2D eigenvalue weighted by atomic mass is 10.4. The fraction of sp³-hybridized carbons (Fsp3) is 0.444. The van der Waals surface area contributed by atoms with Crippen molar-refractivity contribution in [1.82, 2.24) is 19.8 Å². The van der Waals surface area contributed by atoms with E-state index < -0.39 is 26.6 Å². The van der Waals surface area contributed by atoms with Crippen molar-refractivity contribution < 1.29 is 23.1 Å². The van der Waals surface area contributed by atoms with E-state index in [-0.39, 0.29) is 32.0 Å². The first-order chi connectivity index (χ1) is 8.93. The van der Waals surface area contributed by atoms with Gasteiger partial charge in [0.2, 0.25) is 5.91 Å². The minimum Gasteiger partial charge on any atom is -0.478 e. The van der Waals surface area contributed by atoms with Crippen LogP contribution in [0.5, 0.6) is 0 Å². The molecule has 0 aromatic carbocycles.